The molecule has 18 heavy (non-hydrogen) atoms. The normalized spacial score (nSPS) is 10.7. The molecule has 0 bridgehead atoms. The number of aryl methyl sites for hydroxylation is 1. The summed E-state index contributed by atoms with van der Waals surface area (Å²) in [7, 11) is 0. The molecule has 94 valence electrons. The first kappa shape index (κ1) is 13.2. The molecule has 1 heterocycles. The van der Waals surface area contributed by atoms with E-state index < -0.39 is 0 Å². The summed E-state index contributed by atoms with van der Waals surface area (Å²) in [6.07, 6.45) is 0.412. The van der Waals surface area contributed by atoms with E-state index in [0.717, 1.165) is 5.56 Å². The van der Waals surface area contributed by atoms with Crippen molar-refractivity contribution >= 4 is 29.0 Å². The number of halogens is 2. The fraction of sp³-hybridized carbons (Fsp3) is 0.214. The highest BCUT2D eigenvalue weighted by Gasteiger charge is 2.13. The maximum absolute atomic E-state index is 11.5. The molecule has 0 aliphatic carbocycles. The highest BCUT2D eigenvalue weighted by atomic mass is 35.5. The van der Waals surface area contributed by atoms with E-state index in [2.05, 4.69) is 0 Å². The number of carbonyl (C=O) groups excluding carboxylic acids is 1. The molecule has 0 saturated heterocycles. The highest BCUT2D eigenvalue weighted by molar-refractivity contribution is 6.35. The largest absolute Gasteiger partial charge is 0.453 e. The Morgan fingerprint density at radius 3 is 2.61 bits per heavy atom. The maximum Gasteiger partial charge on any atom is 0.197 e. The van der Waals surface area contributed by atoms with Gasteiger partial charge in [0.05, 0.1) is 5.02 Å². The molecule has 0 fully saturated rings. The predicted octanol–water partition coefficient (Wildman–Crippen LogP) is 5.15. The van der Waals surface area contributed by atoms with Crippen LogP contribution in [0, 0.1) is 6.92 Å². The molecule has 0 aliphatic rings. The molecule has 0 radical (unpaired) electrons. The Balaban J connectivity index is 2.46. The van der Waals surface area contributed by atoms with Crippen LogP contribution in [0.2, 0.25) is 10.0 Å². The van der Waals surface area contributed by atoms with E-state index in [1.807, 2.05) is 6.92 Å². The third-order valence-corrected chi connectivity index (χ3v) is 3.44. The van der Waals surface area contributed by atoms with Crippen LogP contribution in [0.25, 0.3) is 11.3 Å². The lowest BCUT2D eigenvalue weighted by Crippen LogP contribution is -1.92. The predicted molar refractivity (Wildman–Crippen MR) is 73.5 cm³/mol. The van der Waals surface area contributed by atoms with Gasteiger partial charge in [0.15, 0.2) is 11.5 Å². The van der Waals surface area contributed by atoms with E-state index in [4.69, 9.17) is 27.6 Å². The fourth-order valence-electron chi connectivity index (χ4n) is 1.64. The fourth-order valence-corrected chi connectivity index (χ4v) is 2.12. The smallest absolute Gasteiger partial charge is 0.197 e. The monoisotopic (exact) mass is 282 g/mol. The van der Waals surface area contributed by atoms with Gasteiger partial charge in [-0.15, -0.1) is 0 Å². The molecule has 2 aromatic rings. The summed E-state index contributed by atoms with van der Waals surface area (Å²) < 4.78 is 5.51. The summed E-state index contributed by atoms with van der Waals surface area (Å²) >= 11 is 12.2. The summed E-state index contributed by atoms with van der Waals surface area (Å²) in [4.78, 5) is 11.5. The van der Waals surface area contributed by atoms with Crippen molar-refractivity contribution in [2.45, 2.75) is 20.3 Å². The number of Topliss-reactive ketones (excluding diaryl/α,β-unsaturated/α-hetero) is 1. The molecule has 2 nitrogen and oxygen atoms in total. The Kier molecular flexibility index (Phi) is 3.79. The van der Waals surface area contributed by atoms with E-state index >= 15 is 0 Å². The maximum atomic E-state index is 11.5. The second kappa shape index (κ2) is 5.17. The van der Waals surface area contributed by atoms with Crippen LogP contribution in [0.3, 0.4) is 0 Å². The molecule has 2 rings (SSSR count). The average molecular weight is 283 g/mol. The molecule has 1 aromatic carbocycles. The second-order valence-corrected chi connectivity index (χ2v) is 4.84. The number of hydrogen-bond acceptors (Lipinski definition) is 2. The number of benzene rings is 1. The third kappa shape index (κ3) is 2.45. The van der Waals surface area contributed by atoms with Gasteiger partial charge in [0.1, 0.15) is 5.76 Å². The van der Waals surface area contributed by atoms with Crippen LogP contribution in [0.5, 0.6) is 0 Å². The van der Waals surface area contributed by atoms with E-state index in [9.17, 15) is 4.79 Å². The first-order valence-corrected chi connectivity index (χ1v) is 6.37. The molecular formula is C14H12Cl2O2. The van der Waals surface area contributed by atoms with E-state index in [-0.39, 0.29) is 5.78 Å². The Morgan fingerprint density at radius 2 is 1.94 bits per heavy atom. The molecule has 0 aliphatic heterocycles. The molecular weight excluding hydrogens is 271 g/mol. The highest BCUT2D eigenvalue weighted by Crippen LogP contribution is 2.33. The lowest BCUT2D eigenvalue weighted by Gasteiger charge is -2.04. The standard InChI is InChI=1S/C14H12Cl2O2/c1-3-12(17)14-5-4-13(18-14)9-7-10(15)8(2)6-11(9)16/h4-7H,3H2,1-2H3. The molecule has 0 spiro atoms. The summed E-state index contributed by atoms with van der Waals surface area (Å²) in [5.41, 5.74) is 1.60. The Labute approximate surface area is 116 Å². The van der Waals surface area contributed by atoms with Crippen molar-refractivity contribution in [2.75, 3.05) is 0 Å². The minimum atomic E-state index is -0.0319. The van der Waals surface area contributed by atoms with E-state index in [0.29, 0.717) is 33.6 Å². The molecule has 0 atom stereocenters. The minimum Gasteiger partial charge on any atom is -0.453 e. The summed E-state index contributed by atoms with van der Waals surface area (Å²) in [6, 6.07) is 6.92. The van der Waals surface area contributed by atoms with Gasteiger partial charge in [-0.3, -0.25) is 4.79 Å². The van der Waals surface area contributed by atoms with Crippen molar-refractivity contribution in [2.24, 2.45) is 0 Å². The van der Waals surface area contributed by atoms with E-state index in [1.165, 1.54) is 0 Å². The van der Waals surface area contributed by atoms with E-state index in [1.54, 1.807) is 31.2 Å². The van der Waals surface area contributed by atoms with Gasteiger partial charge in [0.2, 0.25) is 0 Å². The van der Waals surface area contributed by atoms with Crippen LogP contribution in [0.4, 0.5) is 0 Å². The molecule has 1 aromatic heterocycles. The van der Waals surface area contributed by atoms with Crippen LogP contribution in [-0.2, 0) is 0 Å². The zero-order chi connectivity index (χ0) is 13.3. The zero-order valence-electron chi connectivity index (χ0n) is 10.1. The van der Waals surface area contributed by atoms with Crippen molar-refractivity contribution in [3.8, 4) is 11.3 Å². The molecule has 0 amide bonds. The van der Waals surface area contributed by atoms with Crippen LogP contribution < -0.4 is 0 Å². The van der Waals surface area contributed by atoms with Gasteiger partial charge in [-0.2, -0.15) is 0 Å². The van der Waals surface area contributed by atoms with Crippen molar-refractivity contribution in [3.63, 3.8) is 0 Å². The first-order chi connectivity index (χ1) is 8.52. The molecule has 0 unspecified atom stereocenters. The Bertz CT molecular complexity index is 600. The SMILES string of the molecule is CCC(=O)c1ccc(-c2cc(Cl)c(C)cc2Cl)o1. The zero-order valence-corrected chi connectivity index (χ0v) is 11.6. The van der Waals surface area contributed by atoms with Crippen LogP contribution in [-0.4, -0.2) is 5.78 Å². The summed E-state index contributed by atoms with van der Waals surface area (Å²) in [5.74, 6) is 0.870. The van der Waals surface area contributed by atoms with Gasteiger partial charge >= 0.3 is 0 Å². The Morgan fingerprint density at radius 1 is 1.22 bits per heavy atom. The number of carbonyl (C=O) groups is 1. The molecule has 0 N–H and O–H groups in total. The van der Waals surface area contributed by atoms with Gasteiger partial charge in [-0.05, 0) is 36.8 Å². The van der Waals surface area contributed by atoms with Gasteiger partial charge in [-0.25, -0.2) is 0 Å². The van der Waals surface area contributed by atoms with Crippen molar-refractivity contribution in [1.29, 1.82) is 0 Å². The molecule has 4 heteroatoms. The van der Waals surface area contributed by atoms with Crippen molar-refractivity contribution in [3.05, 3.63) is 45.6 Å². The van der Waals surface area contributed by atoms with Crippen LogP contribution in [0.15, 0.2) is 28.7 Å². The number of ketones is 1. The lowest BCUT2D eigenvalue weighted by molar-refractivity contribution is 0.0962. The number of rotatable bonds is 3. The van der Waals surface area contributed by atoms with Gasteiger partial charge in [-0.1, -0.05) is 30.1 Å². The second-order valence-electron chi connectivity index (χ2n) is 4.02. The van der Waals surface area contributed by atoms with Gasteiger partial charge in [0, 0.05) is 17.0 Å². The Hall–Kier alpha value is -1.25. The van der Waals surface area contributed by atoms with Gasteiger partial charge in [0.25, 0.3) is 0 Å². The summed E-state index contributed by atoms with van der Waals surface area (Å²) in [6.45, 7) is 3.67. The third-order valence-electron chi connectivity index (χ3n) is 2.72. The minimum absolute atomic E-state index is 0.0319. The number of furan rings is 1. The van der Waals surface area contributed by atoms with Crippen LogP contribution >= 0.6 is 23.2 Å². The van der Waals surface area contributed by atoms with Crippen molar-refractivity contribution in [1.82, 2.24) is 0 Å². The van der Waals surface area contributed by atoms with Crippen molar-refractivity contribution < 1.29 is 9.21 Å². The number of hydrogen-bond donors (Lipinski definition) is 0. The lowest BCUT2D eigenvalue weighted by atomic mass is 10.1. The first-order valence-electron chi connectivity index (χ1n) is 5.62. The van der Waals surface area contributed by atoms with Gasteiger partial charge < -0.3 is 4.42 Å². The average Bonchev–Trinajstić information content (AvgIpc) is 2.82. The van der Waals surface area contributed by atoms with Crippen LogP contribution in [0.1, 0.15) is 29.5 Å². The molecule has 0 saturated carbocycles. The quantitative estimate of drug-likeness (QED) is 0.729. The topological polar surface area (TPSA) is 30.2 Å². The summed E-state index contributed by atoms with van der Waals surface area (Å²) in [5, 5.41) is 1.18.